The molecular weight excluding hydrogens is 498 g/mol. The maximum Gasteiger partial charge on any atom is 0.343 e. The van der Waals surface area contributed by atoms with E-state index in [0.717, 1.165) is 62.5 Å². The number of benzene rings is 2. The van der Waals surface area contributed by atoms with E-state index >= 15 is 0 Å². The van der Waals surface area contributed by atoms with Crippen LogP contribution in [0.25, 0.3) is 0 Å². The topological polar surface area (TPSA) is 87.8 Å². The average molecular weight is 534 g/mol. The molecule has 3 aliphatic rings. The third-order valence-corrected chi connectivity index (χ3v) is 10.5. The highest BCUT2D eigenvalue weighted by Gasteiger charge is 2.50. The van der Waals surface area contributed by atoms with E-state index in [1.54, 1.807) is 28.6 Å². The second kappa shape index (κ2) is 9.60. The van der Waals surface area contributed by atoms with Crippen LogP contribution in [0.3, 0.4) is 0 Å². The number of hydrogen-bond acceptors (Lipinski definition) is 5. The zero-order valence-corrected chi connectivity index (χ0v) is 22.7. The largest absolute Gasteiger partial charge is 0.507 e. The van der Waals surface area contributed by atoms with Crippen LogP contribution in [0.1, 0.15) is 86.7 Å². The van der Waals surface area contributed by atoms with Gasteiger partial charge in [0.15, 0.2) is 0 Å². The van der Waals surface area contributed by atoms with E-state index in [1.165, 1.54) is 0 Å². The van der Waals surface area contributed by atoms with E-state index in [0.29, 0.717) is 29.9 Å². The molecule has 38 heavy (non-hydrogen) atoms. The minimum Gasteiger partial charge on any atom is -0.507 e. The van der Waals surface area contributed by atoms with Crippen LogP contribution in [0.15, 0.2) is 68.7 Å². The van der Waals surface area contributed by atoms with Crippen LogP contribution < -0.4 is 9.93 Å². The molecule has 0 saturated heterocycles. The number of sulfonamides is 1. The van der Waals surface area contributed by atoms with Gasteiger partial charge in [-0.2, -0.15) is 0 Å². The summed E-state index contributed by atoms with van der Waals surface area (Å²) in [5.74, 6) is 0.584. The lowest BCUT2D eigenvalue weighted by atomic mass is 9.85. The molecule has 6 nitrogen and oxygen atoms in total. The highest BCUT2D eigenvalue weighted by Crippen LogP contribution is 2.51. The Morgan fingerprint density at radius 1 is 0.974 bits per heavy atom. The van der Waals surface area contributed by atoms with Crippen molar-refractivity contribution >= 4 is 15.7 Å². The molecule has 0 radical (unpaired) electrons. The first-order valence-electron chi connectivity index (χ1n) is 13.9. The monoisotopic (exact) mass is 533 g/mol. The lowest BCUT2D eigenvalue weighted by molar-refractivity contribution is 0.382. The van der Waals surface area contributed by atoms with Crippen molar-refractivity contribution in [1.82, 2.24) is 0 Å². The first-order valence-corrected chi connectivity index (χ1v) is 15.3. The molecule has 1 aromatic heterocycles. The molecule has 1 atom stereocenters. The molecule has 0 amide bonds. The summed E-state index contributed by atoms with van der Waals surface area (Å²) >= 11 is 0. The lowest BCUT2D eigenvalue weighted by Gasteiger charge is -2.31. The first-order chi connectivity index (χ1) is 18.3. The second-order valence-corrected chi connectivity index (χ2v) is 13.2. The van der Waals surface area contributed by atoms with Gasteiger partial charge in [-0.3, -0.25) is 4.31 Å². The van der Waals surface area contributed by atoms with Crippen molar-refractivity contribution in [2.45, 2.75) is 87.5 Å². The molecule has 7 heteroatoms. The fourth-order valence-corrected chi connectivity index (χ4v) is 7.93. The standard InChI is InChI=1S/C31H35NO5S/c1-31(18-19-31)32(38(35,36)24-12-5-4-6-13-24)23-11-9-10-22(20-23)27(21-16-17-21)28-29(33)25-14-7-2-3-8-15-26(25)37-30(28)34/h4-6,9-13,20-21,27,33H,2-3,7-8,14-19H2,1H3. The molecule has 200 valence electrons. The van der Waals surface area contributed by atoms with Gasteiger partial charge in [0, 0.05) is 17.9 Å². The van der Waals surface area contributed by atoms with Crippen LogP contribution >= 0.6 is 0 Å². The summed E-state index contributed by atoms with van der Waals surface area (Å²) in [5.41, 5.74) is 1.58. The molecule has 1 N–H and O–H groups in total. The molecule has 3 aromatic rings. The average Bonchev–Trinajstić information content (AvgIpc) is 3.82. The van der Waals surface area contributed by atoms with E-state index in [9.17, 15) is 18.3 Å². The van der Waals surface area contributed by atoms with Crippen LogP contribution in [0.4, 0.5) is 5.69 Å². The van der Waals surface area contributed by atoms with Crippen LogP contribution in [0, 0.1) is 5.92 Å². The zero-order chi connectivity index (χ0) is 26.5. The van der Waals surface area contributed by atoms with Gasteiger partial charge in [-0.25, -0.2) is 13.2 Å². The van der Waals surface area contributed by atoms with Gasteiger partial charge in [0.25, 0.3) is 10.0 Å². The molecule has 3 aliphatic carbocycles. The Balaban J connectivity index is 1.46. The summed E-state index contributed by atoms with van der Waals surface area (Å²) in [4.78, 5) is 13.6. The Kier molecular flexibility index (Phi) is 6.37. The SMILES string of the molecule is CC1(N(c2cccc(C(c3c(O)c4c(oc3=O)CCCCCC4)C3CC3)c2)S(=O)(=O)c2ccccc2)CC1. The Hall–Kier alpha value is -3.06. The highest BCUT2D eigenvalue weighted by atomic mass is 32.2. The smallest absolute Gasteiger partial charge is 0.343 e. The summed E-state index contributed by atoms with van der Waals surface area (Å²) in [5, 5.41) is 11.5. The molecule has 0 spiro atoms. The van der Waals surface area contributed by atoms with Gasteiger partial charge in [-0.1, -0.05) is 43.2 Å². The summed E-state index contributed by atoms with van der Waals surface area (Å²) in [6.45, 7) is 1.98. The van der Waals surface area contributed by atoms with Gasteiger partial charge in [0.2, 0.25) is 0 Å². The zero-order valence-electron chi connectivity index (χ0n) is 21.9. The normalized spacial score (nSPS) is 19.6. The quantitative estimate of drug-likeness (QED) is 0.385. The van der Waals surface area contributed by atoms with Gasteiger partial charge < -0.3 is 9.52 Å². The minimum atomic E-state index is -3.79. The molecule has 2 fully saturated rings. The fourth-order valence-electron chi connectivity index (χ4n) is 6.07. The van der Waals surface area contributed by atoms with E-state index < -0.39 is 21.2 Å². The van der Waals surface area contributed by atoms with Crippen LogP contribution in [0.2, 0.25) is 0 Å². The Bertz CT molecular complexity index is 1500. The van der Waals surface area contributed by atoms with E-state index in [4.69, 9.17) is 4.42 Å². The van der Waals surface area contributed by atoms with Crippen molar-refractivity contribution in [3.05, 3.63) is 87.5 Å². The number of hydrogen-bond donors (Lipinski definition) is 1. The van der Waals surface area contributed by atoms with Crippen molar-refractivity contribution < 1.29 is 17.9 Å². The number of aryl methyl sites for hydroxylation is 1. The van der Waals surface area contributed by atoms with Crippen molar-refractivity contribution in [3.63, 3.8) is 0 Å². The predicted octanol–water partition coefficient (Wildman–Crippen LogP) is 6.29. The number of fused-ring (bicyclic) bond motifs is 1. The van der Waals surface area contributed by atoms with Gasteiger partial charge in [-0.15, -0.1) is 0 Å². The Morgan fingerprint density at radius 2 is 1.68 bits per heavy atom. The molecular formula is C31H35NO5S. The Morgan fingerprint density at radius 3 is 2.37 bits per heavy atom. The molecule has 2 aromatic carbocycles. The first kappa shape index (κ1) is 25.2. The van der Waals surface area contributed by atoms with Gasteiger partial charge >= 0.3 is 5.63 Å². The highest BCUT2D eigenvalue weighted by molar-refractivity contribution is 7.93. The third kappa shape index (κ3) is 4.55. The van der Waals surface area contributed by atoms with Gasteiger partial charge in [0.05, 0.1) is 21.7 Å². The van der Waals surface area contributed by atoms with Crippen molar-refractivity contribution in [2.24, 2.45) is 5.92 Å². The summed E-state index contributed by atoms with van der Waals surface area (Å²) in [6.07, 6.45) is 8.97. The second-order valence-electron chi connectivity index (χ2n) is 11.5. The number of aromatic hydroxyl groups is 1. The molecule has 2 saturated carbocycles. The molecule has 0 aliphatic heterocycles. The molecule has 1 unspecified atom stereocenters. The maximum atomic E-state index is 13.9. The van der Waals surface area contributed by atoms with Crippen molar-refractivity contribution in [3.8, 4) is 5.75 Å². The predicted molar refractivity (Wildman–Crippen MR) is 147 cm³/mol. The van der Waals surface area contributed by atoms with E-state index in [-0.39, 0.29) is 22.5 Å². The van der Waals surface area contributed by atoms with E-state index in [1.807, 2.05) is 37.3 Å². The van der Waals surface area contributed by atoms with Crippen molar-refractivity contribution in [1.29, 1.82) is 0 Å². The van der Waals surface area contributed by atoms with Crippen LogP contribution in [-0.2, 0) is 22.9 Å². The molecule has 6 rings (SSSR count). The molecule has 0 bridgehead atoms. The summed E-state index contributed by atoms with van der Waals surface area (Å²) in [7, 11) is -3.79. The Labute approximate surface area is 224 Å². The summed E-state index contributed by atoms with van der Waals surface area (Å²) < 4.78 is 35.2. The summed E-state index contributed by atoms with van der Waals surface area (Å²) in [6, 6.07) is 16.1. The minimum absolute atomic E-state index is 0.0865. The van der Waals surface area contributed by atoms with Crippen LogP contribution in [-0.4, -0.2) is 19.1 Å². The number of rotatable bonds is 7. The molecule has 1 heterocycles. The maximum absolute atomic E-state index is 13.9. The van der Waals surface area contributed by atoms with E-state index in [2.05, 4.69) is 0 Å². The fraction of sp³-hybridized carbons (Fsp3) is 0.452. The lowest BCUT2D eigenvalue weighted by Crippen LogP contribution is -2.40. The van der Waals surface area contributed by atoms with Gasteiger partial charge in [-0.05, 0) is 87.6 Å². The van der Waals surface area contributed by atoms with Crippen LogP contribution in [0.5, 0.6) is 5.75 Å². The van der Waals surface area contributed by atoms with Crippen molar-refractivity contribution in [2.75, 3.05) is 4.31 Å². The third-order valence-electron chi connectivity index (χ3n) is 8.51. The number of nitrogens with zero attached hydrogens (tertiary/aromatic N) is 1. The van der Waals surface area contributed by atoms with Gasteiger partial charge in [0.1, 0.15) is 11.5 Å². The number of anilines is 1.